The molecule has 0 aliphatic carbocycles. The second kappa shape index (κ2) is 5.23. The fourth-order valence-electron chi connectivity index (χ4n) is 1.64. The van der Waals surface area contributed by atoms with Gasteiger partial charge in [-0.15, -0.1) is 0 Å². The number of halogens is 1. The van der Waals surface area contributed by atoms with E-state index < -0.39 is 0 Å². The molecular formula is C13H15ClN4. The third kappa shape index (κ3) is 2.90. The highest BCUT2D eigenvalue weighted by molar-refractivity contribution is 6.30. The van der Waals surface area contributed by atoms with Crippen LogP contribution in [0.2, 0.25) is 5.02 Å². The maximum atomic E-state index is 5.87. The monoisotopic (exact) mass is 262 g/mol. The van der Waals surface area contributed by atoms with E-state index in [-0.39, 0.29) is 12.0 Å². The Hall–Kier alpha value is -1.81. The van der Waals surface area contributed by atoms with Gasteiger partial charge in [-0.1, -0.05) is 23.7 Å². The first-order valence-electron chi connectivity index (χ1n) is 5.67. The summed E-state index contributed by atoms with van der Waals surface area (Å²) >= 11 is 5.87. The van der Waals surface area contributed by atoms with Gasteiger partial charge in [0.1, 0.15) is 5.82 Å². The van der Waals surface area contributed by atoms with Crippen molar-refractivity contribution < 1.29 is 0 Å². The van der Waals surface area contributed by atoms with Gasteiger partial charge in [0.2, 0.25) is 5.95 Å². The zero-order valence-electron chi connectivity index (χ0n) is 10.3. The summed E-state index contributed by atoms with van der Waals surface area (Å²) in [5.74, 6) is 1.02. The molecule has 94 valence electrons. The molecule has 0 amide bonds. The molecule has 18 heavy (non-hydrogen) atoms. The number of hydrogen-bond donors (Lipinski definition) is 2. The molecule has 1 unspecified atom stereocenters. The zero-order chi connectivity index (χ0) is 13.1. The molecule has 3 N–H and O–H groups in total. The van der Waals surface area contributed by atoms with Crippen molar-refractivity contribution in [2.75, 3.05) is 11.1 Å². The van der Waals surface area contributed by atoms with Crippen LogP contribution in [0.5, 0.6) is 0 Å². The highest BCUT2D eigenvalue weighted by Gasteiger charge is 2.08. The lowest BCUT2D eigenvalue weighted by atomic mass is 10.1. The summed E-state index contributed by atoms with van der Waals surface area (Å²) in [4.78, 5) is 8.13. The lowest BCUT2D eigenvalue weighted by Gasteiger charge is -2.16. The average Bonchev–Trinajstić information content (AvgIpc) is 2.34. The molecule has 1 aromatic heterocycles. The summed E-state index contributed by atoms with van der Waals surface area (Å²) in [5, 5.41) is 4.04. The lowest BCUT2D eigenvalue weighted by Crippen LogP contribution is -2.10. The van der Waals surface area contributed by atoms with Gasteiger partial charge < -0.3 is 11.1 Å². The Balaban J connectivity index is 2.18. The minimum Gasteiger partial charge on any atom is -0.368 e. The van der Waals surface area contributed by atoms with Gasteiger partial charge in [0.05, 0.1) is 0 Å². The molecule has 0 saturated heterocycles. The summed E-state index contributed by atoms with van der Waals surface area (Å²) in [6.45, 7) is 4.00. The van der Waals surface area contributed by atoms with Gasteiger partial charge in [0.25, 0.3) is 0 Å². The smallest absolute Gasteiger partial charge is 0.221 e. The number of aryl methyl sites for hydroxylation is 1. The quantitative estimate of drug-likeness (QED) is 0.892. The van der Waals surface area contributed by atoms with Crippen molar-refractivity contribution in [3.8, 4) is 0 Å². The first-order chi connectivity index (χ1) is 8.56. The van der Waals surface area contributed by atoms with Gasteiger partial charge in [0.15, 0.2) is 0 Å². The SMILES string of the molecule is Cc1cnc(N)nc1NC(C)c1ccc(Cl)cc1. The van der Waals surface area contributed by atoms with E-state index in [0.717, 1.165) is 22.0 Å². The number of rotatable bonds is 3. The molecule has 0 radical (unpaired) electrons. The van der Waals surface area contributed by atoms with Crippen LogP contribution in [0.25, 0.3) is 0 Å². The van der Waals surface area contributed by atoms with E-state index >= 15 is 0 Å². The van der Waals surface area contributed by atoms with Gasteiger partial charge in [-0.05, 0) is 31.5 Å². The van der Waals surface area contributed by atoms with E-state index in [4.69, 9.17) is 17.3 Å². The Bertz CT molecular complexity index is 539. The zero-order valence-corrected chi connectivity index (χ0v) is 11.1. The molecule has 4 nitrogen and oxygen atoms in total. The summed E-state index contributed by atoms with van der Waals surface area (Å²) < 4.78 is 0. The van der Waals surface area contributed by atoms with E-state index in [0.29, 0.717) is 0 Å². The number of benzene rings is 1. The molecule has 1 heterocycles. The highest BCUT2D eigenvalue weighted by Crippen LogP contribution is 2.21. The predicted molar refractivity (Wildman–Crippen MR) is 74.7 cm³/mol. The topological polar surface area (TPSA) is 63.8 Å². The fourth-order valence-corrected chi connectivity index (χ4v) is 1.77. The molecule has 2 rings (SSSR count). The van der Waals surface area contributed by atoms with Gasteiger partial charge in [0, 0.05) is 22.8 Å². The molecule has 5 heteroatoms. The van der Waals surface area contributed by atoms with Crippen LogP contribution in [0.3, 0.4) is 0 Å². The van der Waals surface area contributed by atoms with E-state index in [2.05, 4.69) is 22.2 Å². The Labute approximate surface area is 111 Å². The van der Waals surface area contributed by atoms with Crippen LogP contribution in [-0.4, -0.2) is 9.97 Å². The molecule has 1 atom stereocenters. The van der Waals surface area contributed by atoms with Crippen LogP contribution in [-0.2, 0) is 0 Å². The lowest BCUT2D eigenvalue weighted by molar-refractivity contribution is 0.869. The van der Waals surface area contributed by atoms with Crippen molar-refractivity contribution in [1.82, 2.24) is 9.97 Å². The molecule has 2 aromatic rings. The number of nitrogens with two attached hydrogens (primary N) is 1. The maximum absolute atomic E-state index is 5.87. The van der Waals surface area contributed by atoms with Crippen LogP contribution in [0.1, 0.15) is 24.1 Å². The number of nitrogens with zero attached hydrogens (tertiary/aromatic N) is 2. The number of anilines is 2. The van der Waals surface area contributed by atoms with Gasteiger partial charge in [-0.25, -0.2) is 4.98 Å². The summed E-state index contributed by atoms with van der Waals surface area (Å²) in [6.07, 6.45) is 1.71. The molecule has 0 saturated carbocycles. The second-order valence-corrected chi connectivity index (χ2v) is 4.61. The molecule has 0 aliphatic heterocycles. The van der Waals surface area contributed by atoms with E-state index in [1.165, 1.54) is 0 Å². The molecule has 0 aliphatic rings. The predicted octanol–water partition coefficient (Wildman–Crippen LogP) is 3.19. The largest absolute Gasteiger partial charge is 0.368 e. The first-order valence-corrected chi connectivity index (χ1v) is 6.05. The van der Waals surface area contributed by atoms with Crippen LogP contribution in [0.4, 0.5) is 11.8 Å². The highest BCUT2D eigenvalue weighted by atomic mass is 35.5. The Morgan fingerprint density at radius 1 is 1.28 bits per heavy atom. The third-order valence-electron chi connectivity index (χ3n) is 2.71. The van der Waals surface area contributed by atoms with Crippen molar-refractivity contribution in [2.24, 2.45) is 0 Å². The molecular weight excluding hydrogens is 248 g/mol. The standard InChI is InChI=1S/C13H15ClN4/c1-8-7-16-13(15)18-12(8)17-9(2)10-3-5-11(14)6-4-10/h3-7,9H,1-2H3,(H3,15,16,17,18). The van der Waals surface area contributed by atoms with Gasteiger partial charge in [-0.2, -0.15) is 4.98 Å². The average molecular weight is 263 g/mol. The fraction of sp³-hybridized carbons (Fsp3) is 0.231. The molecule has 0 fully saturated rings. The minimum atomic E-state index is 0.121. The van der Waals surface area contributed by atoms with Gasteiger partial charge in [-0.3, -0.25) is 0 Å². The van der Waals surface area contributed by atoms with Crippen LogP contribution in [0.15, 0.2) is 30.5 Å². The Morgan fingerprint density at radius 3 is 2.61 bits per heavy atom. The summed E-state index contributed by atoms with van der Waals surface area (Å²) in [6, 6.07) is 7.84. The number of aromatic nitrogens is 2. The normalized spacial score (nSPS) is 12.2. The summed E-state index contributed by atoms with van der Waals surface area (Å²) in [7, 11) is 0. The van der Waals surface area contributed by atoms with Crippen LogP contribution < -0.4 is 11.1 Å². The Morgan fingerprint density at radius 2 is 1.94 bits per heavy atom. The molecule has 0 bridgehead atoms. The van der Waals surface area contributed by atoms with Crippen molar-refractivity contribution in [3.05, 3.63) is 46.6 Å². The maximum Gasteiger partial charge on any atom is 0.221 e. The number of nitrogens with one attached hydrogen (secondary N) is 1. The molecule has 0 spiro atoms. The van der Waals surface area contributed by atoms with Crippen molar-refractivity contribution in [3.63, 3.8) is 0 Å². The van der Waals surface area contributed by atoms with Crippen molar-refractivity contribution >= 4 is 23.4 Å². The number of nitrogen functional groups attached to an aromatic ring is 1. The first kappa shape index (κ1) is 12.6. The van der Waals surface area contributed by atoms with Crippen molar-refractivity contribution in [1.29, 1.82) is 0 Å². The van der Waals surface area contributed by atoms with Crippen LogP contribution in [0, 0.1) is 6.92 Å². The van der Waals surface area contributed by atoms with Gasteiger partial charge >= 0.3 is 0 Å². The Kier molecular flexibility index (Phi) is 3.67. The minimum absolute atomic E-state index is 0.121. The second-order valence-electron chi connectivity index (χ2n) is 4.18. The number of hydrogen-bond acceptors (Lipinski definition) is 4. The van der Waals surface area contributed by atoms with Crippen molar-refractivity contribution in [2.45, 2.75) is 19.9 Å². The van der Waals surface area contributed by atoms with E-state index in [1.807, 2.05) is 31.2 Å². The van der Waals surface area contributed by atoms with E-state index in [1.54, 1.807) is 6.20 Å². The van der Waals surface area contributed by atoms with E-state index in [9.17, 15) is 0 Å². The molecule has 1 aromatic carbocycles. The summed E-state index contributed by atoms with van der Waals surface area (Å²) in [5.41, 5.74) is 7.68. The third-order valence-corrected chi connectivity index (χ3v) is 2.97. The van der Waals surface area contributed by atoms with Crippen LogP contribution >= 0.6 is 11.6 Å².